The van der Waals surface area contributed by atoms with Crippen molar-refractivity contribution in [2.24, 2.45) is 0 Å². The molecular formula is C14H15ClN2O3S. The molecule has 0 saturated heterocycles. The summed E-state index contributed by atoms with van der Waals surface area (Å²) in [5, 5.41) is 4.03. The molecule has 0 fully saturated rings. The second-order valence-electron chi connectivity index (χ2n) is 4.29. The van der Waals surface area contributed by atoms with Gasteiger partial charge in [0.2, 0.25) is 0 Å². The summed E-state index contributed by atoms with van der Waals surface area (Å²) < 4.78 is 10.4. The first-order valence-corrected chi connectivity index (χ1v) is 7.32. The molecule has 21 heavy (non-hydrogen) atoms. The van der Waals surface area contributed by atoms with E-state index in [1.807, 2.05) is 6.92 Å². The molecule has 0 atom stereocenters. The predicted molar refractivity (Wildman–Crippen MR) is 84.1 cm³/mol. The van der Waals surface area contributed by atoms with Crippen molar-refractivity contribution in [1.82, 2.24) is 4.98 Å². The minimum absolute atomic E-state index is 0.238. The Morgan fingerprint density at radius 2 is 1.90 bits per heavy atom. The molecule has 1 heterocycles. The van der Waals surface area contributed by atoms with Crippen molar-refractivity contribution in [2.75, 3.05) is 19.5 Å². The summed E-state index contributed by atoms with van der Waals surface area (Å²) >= 11 is 7.43. The SMILES string of the molecule is COc1cc(OC)c(NC(=O)c2sc(C)nc2C)cc1Cl. The third kappa shape index (κ3) is 3.28. The number of methoxy groups -OCH3 is 2. The molecule has 0 aliphatic heterocycles. The van der Waals surface area contributed by atoms with Gasteiger partial charge in [-0.25, -0.2) is 4.98 Å². The summed E-state index contributed by atoms with van der Waals surface area (Å²) in [7, 11) is 3.03. The molecule has 2 aromatic rings. The molecular weight excluding hydrogens is 312 g/mol. The maximum atomic E-state index is 12.3. The van der Waals surface area contributed by atoms with Crippen LogP contribution in [0.25, 0.3) is 0 Å². The average molecular weight is 327 g/mol. The van der Waals surface area contributed by atoms with Gasteiger partial charge in [-0.15, -0.1) is 11.3 Å². The Morgan fingerprint density at radius 1 is 1.24 bits per heavy atom. The van der Waals surface area contributed by atoms with Crippen LogP contribution in [0.5, 0.6) is 11.5 Å². The zero-order chi connectivity index (χ0) is 15.6. The zero-order valence-corrected chi connectivity index (χ0v) is 13.7. The Kier molecular flexibility index (Phi) is 4.69. The zero-order valence-electron chi connectivity index (χ0n) is 12.1. The molecule has 0 bridgehead atoms. The Hall–Kier alpha value is -1.79. The van der Waals surface area contributed by atoms with E-state index in [0.29, 0.717) is 32.8 Å². The lowest BCUT2D eigenvalue weighted by atomic mass is 10.2. The van der Waals surface area contributed by atoms with Crippen LogP contribution in [0.3, 0.4) is 0 Å². The maximum Gasteiger partial charge on any atom is 0.267 e. The number of nitrogens with one attached hydrogen (secondary N) is 1. The molecule has 1 amide bonds. The van der Waals surface area contributed by atoms with Crippen molar-refractivity contribution < 1.29 is 14.3 Å². The smallest absolute Gasteiger partial charge is 0.267 e. The molecule has 7 heteroatoms. The lowest BCUT2D eigenvalue weighted by Crippen LogP contribution is -2.12. The van der Waals surface area contributed by atoms with E-state index in [-0.39, 0.29) is 5.91 Å². The van der Waals surface area contributed by atoms with E-state index >= 15 is 0 Å². The van der Waals surface area contributed by atoms with Gasteiger partial charge in [0.05, 0.1) is 35.6 Å². The number of benzene rings is 1. The minimum atomic E-state index is -0.238. The molecule has 1 aromatic heterocycles. The summed E-state index contributed by atoms with van der Waals surface area (Å²) in [6, 6.07) is 3.23. The monoisotopic (exact) mass is 326 g/mol. The van der Waals surface area contributed by atoms with Crippen molar-refractivity contribution in [1.29, 1.82) is 0 Å². The number of halogens is 1. The Morgan fingerprint density at radius 3 is 2.43 bits per heavy atom. The van der Waals surface area contributed by atoms with Crippen LogP contribution in [-0.2, 0) is 0 Å². The molecule has 5 nitrogen and oxygen atoms in total. The molecule has 0 spiro atoms. The summed E-state index contributed by atoms with van der Waals surface area (Å²) in [5.41, 5.74) is 1.19. The van der Waals surface area contributed by atoms with Crippen LogP contribution in [0.1, 0.15) is 20.4 Å². The van der Waals surface area contributed by atoms with Gasteiger partial charge >= 0.3 is 0 Å². The minimum Gasteiger partial charge on any atom is -0.495 e. The van der Waals surface area contributed by atoms with Gasteiger partial charge in [-0.2, -0.15) is 0 Å². The summed E-state index contributed by atoms with van der Waals surface area (Å²) in [4.78, 5) is 17.1. The van der Waals surface area contributed by atoms with E-state index in [4.69, 9.17) is 21.1 Å². The fourth-order valence-electron chi connectivity index (χ4n) is 1.88. The third-order valence-corrected chi connectivity index (χ3v) is 4.20. The van der Waals surface area contributed by atoms with Gasteiger partial charge in [-0.1, -0.05) is 11.6 Å². The van der Waals surface area contributed by atoms with E-state index in [2.05, 4.69) is 10.3 Å². The first-order chi connectivity index (χ1) is 9.96. The molecule has 112 valence electrons. The molecule has 0 radical (unpaired) electrons. The second-order valence-corrected chi connectivity index (χ2v) is 5.90. The maximum absolute atomic E-state index is 12.3. The van der Waals surface area contributed by atoms with Gasteiger partial charge in [-0.3, -0.25) is 4.79 Å². The number of thiazole rings is 1. The van der Waals surface area contributed by atoms with E-state index in [9.17, 15) is 4.79 Å². The van der Waals surface area contributed by atoms with E-state index in [1.54, 1.807) is 19.1 Å². The summed E-state index contributed by atoms with van der Waals surface area (Å²) in [5.74, 6) is 0.720. The van der Waals surface area contributed by atoms with E-state index < -0.39 is 0 Å². The van der Waals surface area contributed by atoms with Crippen LogP contribution in [0, 0.1) is 13.8 Å². The predicted octanol–water partition coefficient (Wildman–Crippen LogP) is 3.68. The van der Waals surface area contributed by atoms with Gasteiger partial charge < -0.3 is 14.8 Å². The van der Waals surface area contributed by atoms with Gasteiger partial charge in [0, 0.05) is 6.07 Å². The highest BCUT2D eigenvalue weighted by molar-refractivity contribution is 7.13. The quantitative estimate of drug-likeness (QED) is 0.931. The third-order valence-electron chi connectivity index (χ3n) is 2.83. The number of amides is 1. The number of carbonyl (C=O) groups is 1. The van der Waals surface area contributed by atoms with E-state index in [0.717, 1.165) is 5.01 Å². The lowest BCUT2D eigenvalue weighted by molar-refractivity contribution is 0.102. The number of ether oxygens (including phenoxy) is 2. The number of aryl methyl sites for hydroxylation is 2. The van der Waals surface area contributed by atoms with Crippen LogP contribution in [-0.4, -0.2) is 25.1 Å². The normalized spacial score (nSPS) is 10.3. The summed E-state index contributed by atoms with van der Waals surface area (Å²) in [6.07, 6.45) is 0. The van der Waals surface area contributed by atoms with Crippen LogP contribution < -0.4 is 14.8 Å². The highest BCUT2D eigenvalue weighted by Crippen LogP contribution is 2.36. The number of anilines is 1. The van der Waals surface area contributed by atoms with Gasteiger partial charge in [0.1, 0.15) is 16.4 Å². The van der Waals surface area contributed by atoms with E-state index in [1.165, 1.54) is 25.6 Å². The van der Waals surface area contributed by atoms with Crippen molar-refractivity contribution in [3.05, 3.63) is 32.7 Å². The first-order valence-electron chi connectivity index (χ1n) is 6.13. The first kappa shape index (κ1) is 15.6. The van der Waals surface area contributed by atoms with Gasteiger partial charge in [0.25, 0.3) is 5.91 Å². The Labute approximate surface area is 131 Å². The number of hydrogen-bond donors (Lipinski definition) is 1. The average Bonchev–Trinajstić information content (AvgIpc) is 2.78. The Balaban J connectivity index is 2.32. The fourth-order valence-corrected chi connectivity index (χ4v) is 2.93. The fraction of sp³-hybridized carbons (Fsp3) is 0.286. The molecule has 1 aromatic carbocycles. The number of rotatable bonds is 4. The Bertz CT molecular complexity index is 685. The van der Waals surface area contributed by atoms with Crippen molar-refractivity contribution in [2.45, 2.75) is 13.8 Å². The number of carbonyl (C=O) groups excluding carboxylic acids is 1. The number of nitrogens with zero attached hydrogens (tertiary/aromatic N) is 1. The van der Waals surface area contributed by atoms with Crippen LogP contribution in [0.15, 0.2) is 12.1 Å². The molecule has 0 unspecified atom stereocenters. The summed E-state index contributed by atoms with van der Waals surface area (Å²) in [6.45, 7) is 3.66. The number of hydrogen-bond acceptors (Lipinski definition) is 5. The van der Waals surface area contributed by atoms with Crippen LogP contribution in [0.2, 0.25) is 5.02 Å². The molecule has 1 N–H and O–H groups in total. The van der Waals surface area contributed by atoms with Crippen LogP contribution in [0.4, 0.5) is 5.69 Å². The van der Waals surface area contributed by atoms with Gasteiger partial charge in [-0.05, 0) is 19.9 Å². The molecule has 2 rings (SSSR count). The van der Waals surface area contributed by atoms with Crippen molar-refractivity contribution in [3.8, 4) is 11.5 Å². The van der Waals surface area contributed by atoms with Crippen molar-refractivity contribution in [3.63, 3.8) is 0 Å². The highest BCUT2D eigenvalue weighted by atomic mass is 35.5. The topological polar surface area (TPSA) is 60.5 Å². The lowest BCUT2D eigenvalue weighted by Gasteiger charge is -2.12. The number of aromatic nitrogens is 1. The molecule has 0 aliphatic carbocycles. The van der Waals surface area contributed by atoms with Crippen molar-refractivity contribution >= 4 is 34.5 Å². The van der Waals surface area contributed by atoms with Gasteiger partial charge in [0.15, 0.2) is 0 Å². The molecule has 0 aliphatic rings. The standard InChI is InChI=1S/C14H15ClN2O3S/c1-7-13(21-8(2)16-7)14(18)17-10-5-9(15)11(19-3)6-12(10)20-4/h5-6H,1-4H3,(H,17,18). The highest BCUT2D eigenvalue weighted by Gasteiger charge is 2.17. The van der Waals surface area contributed by atoms with Crippen LogP contribution >= 0.6 is 22.9 Å². The second kappa shape index (κ2) is 6.32. The molecule has 0 saturated carbocycles. The largest absolute Gasteiger partial charge is 0.495 e.